The molecule has 0 aliphatic rings. The number of hydrogen-bond acceptors (Lipinski definition) is 4. The summed E-state index contributed by atoms with van der Waals surface area (Å²) in [5.74, 6) is 1.02. The number of nitrogens with zero attached hydrogens (tertiary/aromatic N) is 5. The van der Waals surface area contributed by atoms with Gasteiger partial charge in [-0.1, -0.05) is 6.92 Å². The summed E-state index contributed by atoms with van der Waals surface area (Å²) in [5, 5.41) is 12.2. The zero-order chi connectivity index (χ0) is 14.5. The van der Waals surface area contributed by atoms with Gasteiger partial charge in [0.05, 0.1) is 6.20 Å². The average molecular weight is 276 g/mol. The molecule has 0 amide bonds. The Hall–Kier alpha value is -1.69. The van der Waals surface area contributed by atoms with Crippen LogP contribution in [0, 0.1) is 6.92 Å². The molecule has 20 heavy (non-hydrogen) atoms. The fourth-order valence-corrected chi connectivity index (χ4v) is 2.36. The van der Waals surface area contributed by atoms with Crippen LogP contribution in [0.15, 0.2) is 12.5 Å². The summed E-state index contributed by atoms with van der Waals surface area (Å²) in [6.45, 7) is 8.20. The van der Waals surface area contributed by atoms with E-state index in [2.05, 4.69) is 41.3 Å². The highest BCUT2D eigenvalue weighted by Crippen LogP contribution is 2.20. The number of aromatic nitrogens is 5. The summed E-state index contributed by atoms with van der Waals surface area (Å²) in [6, 6.07) is 0.234. The maximum atomic E-state index is 4.38. The van der Waals surface area contributed by atoms with Crippen LogP contribution >= 0.6 is 0 Å². The first-order valence-electron chi connectivity index (χ1n) is 7.25. The van der Waals surface area contributed by atoms with Crippen molar-refractivity contribution in [1.82, 2.24) is 29.9 Å². The molecule has 2 rings (SSSR count). The minimum absolute atomic E-state index is 0.234. The van der Waals surface area contributed by atoms with Gasteiger partial charge in [-0.3, -0.25) is 9.36 Å². The third-order valence-electron chi connectivity index (χ3n) is 3.67. The van der Waals surface area contributed by atoms with Crippen molar-refractivity contribution >= 4 is 0 Å². The molecular formula is C14H24N6. The first kappa shape index (κ1) is 14.7. The normalized spacial score (nSPS) is 12.8. The van der Waals surface area contributed by atoms with Crippen LogP contribution in [0.2, 0.25) is 0 Å². The van der Waals surface area contributed by atoms with Crippen LogP contribution in [0.25, 0.3) is 0 Å². The molecule has 2 heterocycles. The van der Waals surface area contributed by atoms with Gasteiger partial charge >= 0.3 is 0 Å². The molecule has 0 aliphatic heterocycles. The highest BCUT2D eigenvalue weighted by atomic mass is 15.3. The first-order valence-corrected chi connectivity index (χ1v) is 7.25. The van der Waals surface area contributed by atoms with Gasteiger partial charge < -0.3 is 5.32 Å². The van der Waals surface area contributed by atoms with Crippen LogP contribution in [0.3, 0.4) is 0 Å². The monoisotopic (exact) mass is 276 g/mol. The van der Waals surface area contributed by atoms with Crippen molar-refractivity contribution in [2.24, 2.45) is 7.05 Å². The van der Waals surface area contributed by atoms with Gasteiger partial charge in [0.2, 0.25) is 0 Å². The van der Waals surface area contributed by atoms with Gasteiger partial charge in [0, 0.05) is 37.3 Å². The van der Waals surface area contributed by atoms with Gasteiger partial charge in [0.25, 0.3) is 0 Å². The van der Waals surface area contributed by atoms with Crippen LogP contribution in [-0.4, -0.2) is 31.1 Å². The van der Waals surface area contributed by atoms with E-state index in [1.807, 2.05) is 22.6 Å². The Kier molecular flexibility index (Phi) is 4.89. The van der Waals surface area contributed by atoms with E-state index >= 15 is 0 Å². The molecule has 0 radical (unpaired) electrons. The van der Waals surface area contributed by atoms with E-state index in [-0.39, 0.29) is 6.04 Å². The summed E-state index contributed by atoms with van der Waals surface area (Å²) in [5.41, 5.74) is 2.44. The summed E-state index contributed by atoms with van der Waals surface area (Å²) < 4.78 is 3.87. The second kappa shape index (κ2) is 6.65. The fraction of sp³-hybridized carbons (Fsp3) is 0.643. The highest BCUT2D eigenvalue weighted by Gasteiger charge is 2.19. The Balaban J connectivity index is 2.21. The van der Waals surface area contributed by atoms with Crippen LogP contribution in [0.1, 0.15) is 43.4 Å². The van der Waals surface area contributed by atoms with Crippen LogP contribution in [-0.2, 0) is 20.0 Å². The Morgan fingerprint density at radius 2 is 2.10 bits per heavy atom. The predicted octanol–water partition coefficient (Wildman–Crippen LogP) is 1.62. The third kappa shape index (κ3) is 3.07. The molecule has 0 spiro atoms. The minimum atomic E-state index is 0.234. The smallest absolute Gasteiger partial charge is 0.138 e. The first-order chi connectivity index (χ1) is 9.67. The molecule has 1 unspecified atom stereocenters. The maximum absolute atomic E-state index is 4.38. The molecule has 1 atom stereocenters. The van der Waals surface area contributed by atoms with Gasteiger partial charge in [-0.25, -0.2) is 4.98 Å². The van der Waals surface area contributed by atoms with Crippen molar-refractivity contribution in [3.8, 4) is 0 Å². The molecule has 0 saturated carbocycles. The lowest BCUT2D eigenvalue weighted by atomic mass is 10.0. The van der Waals surface area contributed by atoms with Crippen molar-refractivity contribution in [3.05, 3.63) is 29.6 Å². The van der Waals surface area contributed by atoms with Gasteiger partial charge in [0.15, 0.2) is 0 Å². The second-order valence-electron chi connectivity index (χ2n) is 5.01. The van der Waals surface area contributed by atoms with Crippen molar-refractivity contribution in [3.63, 3.8) is 0 Å². The molecule has 1 N–H and O–H groups in total. The van der Waals surface area contributed by atoms with E-state index in [1.54, 1.807) is 6.33 Å². The molecule has 0 aliphatic carbocycles. The molecule has 0 bridgehead atoms. The highest BCUT2D eigenvalue weighted by molar-refractivity contribution is 5.21. The molecule has 110 valence electrons. The van der Waals surface area contributed by atoms with E-state index in [4.69, 9.17) is 0 Å². The zero-order valence-corrected chi connectivity index (χ0v) is 12.8. The average Bonchev–Trinajstić information content (AvgIpc) is 3.03. The number of aryl methyl sites for hydroxylation is 2. The number of hydrogen-bond donors (Lipinski definition) is 1. The molecule has 6 nitrogen and oxygen atoms in total. The SMILES string of the molecule is CCCNC(Cc1ncnn1CC)c1cnn(C)c1C. The van der Waals surface area contributed by atoms with E-state index in [9.17, 15) is 0 Å². The lowest BCUT2D eigenvalue weighted by Crippen LogP contribution is -2.26. The number of nitrogens with one attached hydrogen (secondary N) is 1. The summed E-state index contributed by atoms with van der Waals surface area (Å²) in [6.07, 6.45) is 5.53. The van der Waals surface area contributed by atoms with Crippen molar-refractivity contribution < 1.29 is 0 Å². The topological polar surface area (TPSA) is 60.6 Å². The van der Waals surface area contributed by atoms with Crippen LogP contribution < -0.4 is 5.32 Å². The molecule has 0 saturated heterocycles. The largest absolute Gasteiger partial charge is 0.309 e. The van der Waals surface area contributed by atoms with Gasteiger partial charge in [-0.15, -0.1) is 0 Å². The number of rotatable bonds is 7. The predicted molar refractivity (Wildman–Crippen MR) is 78.4 cm³/mol. The van der Waals surface area contributed by atoms with Crippen molar-refractivity contribution in [2.75, 3.05) is 6.54 Å². The molecule has 6 heteroatoms. The molecule has 0 fully saturated rings. The van der Waals surface area contributed by atoms with Crippen LogP contribution in [0.4, 0.5) is 0 Å². The summed E-state index contributed by atoms with van der Waals surface area (Å²) >= 11 is 0. The van der Waals surface area contributed by atoms with Gasteiger partial charge in [-0.05, 0) is 26.8 Å². The Morgan fingerprint density at radius 1 is 1.30 bits per heavy atom. The lowest BCUT2D eigenvalue weighted by molar-refractivity contribution is 0.494. The Labute approximate surface area is 120 Å². The minimum Gasteiger partial charge on any atom is -0.309 e. The standard InChI is InChI=1S/C14H24N6/c1-5-7-15-13(12-9-17-19(4)11(12)3)8-14-16-10-18-20(14)6-2/h9-10,13,15H,5-8H2,1-4H3. The summed E-state index contributed by atoms with van der Waals surface area (Å²) in [4.78, 5) is 4.38. The lowest BCUT2D eigenvalue weighted by Gasteiger charge is -2.18. The van der Waals surface area contributed by atoms with Crippen LogP contribution in [0.5, 0.6) is 0 Å². The Bertz CT molecular complexity index is 542. The van der Waals surface area contributed by atoms with Crippen molar-refractivity contribution in [1.29, 1.82) is 0 Å². The molecule has 2 aromatic heterocycles. The van der Waals surface area contributed by atoms with Crippen molar-refractivity contribution in [2.45, 2.75) is 46.2 Å². The zero-order valence-electron chi connectivity index (χ0n) is 12.8. The Morgan fingerprint density at radius 3 is 2.70 bits per heavy atom. The fourth-order valence-electron chi connectivity index (χ4n) is 2.36. The third-order valence-corrected chi connectivity index (χ3v) is 3.67. The van der Waals surface area contributed by atoms with E-state index in [0.717, 1.165) is 31.8 Å². The quantitative estimate of drug-likeness (QED) is 0.835. The van der Waals surface area contributed by atoms with E-state index in [0.29, 0.717) is 0 Å². The second-order valence-corrected chi connectivity index (χ2v) is 5.01. The van der Waals surface area contributed by atoms with E-state index in [1.165, 1.54) is 11.3 Å². The van der Waals surface area contributed by atoms with E-state index < -0.39 is 0 Å². The molecule has 0 aromatic carbocycles. The van der Waals surface area contributed by atoms with Gasteiger partial charge in [-0.2, -0.15) is 10.2 Å². The van der Waals surface area contributed by atoms with Gasteiger partial charge in [0.1, 0.15) is 12.2 Å². The summed E-state index contributed by atoms with van der Waals surface area (Å²) in [7, 11) is 1.98. The molecule has 2 aromatic rings. The molecular weight excluding hydrogens is 252 g/mol. The maximum Gasteiger partial charge on any atom is 0.138 e.